The minimum atomic E-state index is -0.471. The fraction of sp³-hybridized carbons (Fsp3) is 0.568. The first-order valence-electron chi connectivity index (χ1n) is 16.5. The summed E-state index contributed by atoms with van der Waals surface area (Å²) >= 11 is 0. The highest BCUT2D eigenvalue weighted by atomic mass is 16.6. The zero-order chi connectivity index (χ0) is 34.3. The minimum Gasteiger partial charge on any atom is -0.496 e. The number of aryl methyl sites for hydroxylation is 1. The highest BCUT2D eigenvalue weighted by molar-refractivity contribution is 5.82. The molecule has 0 atom stereocenters. The Morgan fingerprint density at radius 3 is 2.02 bits per heavy atom. The lowest BCUT2D eigenvalue weighted by Crippen LogP contribution is -2.32. The van der Waals surface area contributed by atoms with Gasteiger partial charge in [0.2, 0.25) is 0 Å². The van der Waals surface area contributed by atoms with Crippen molar-refractivity contribution in [2.75, 3.05) is 41.4 Å². The molecule has 0 aliphatic rings. The van der Waals surface area contributed by atoms with Gasteiger partial charge in [-0.05, 0) is 90.4 Å². The lowest BCUT2D eigenvalue weighted by molar-refractivity contribution is 0.0527. The van der Waals surface area contributed by atoms with Crippen molar-refractivity contribution < 1.29 is 19.0 Å². The summed E-state index contributed by atoms with van der Waals surface area (Å²) < 4.78 is 18.5. The number of aromatic nitrogens is 1. The van der Waals surface area contributed by atoms with Crippen LogP contribution in [0.2, 0.25) is 0 Å². The van der Waals surface area contributed by atoms with E-state index in [1.54, 1.807) is 25.8 Å². The zero-order valence-electron chi connectivity index (χ0n) is 30.0. The van der Waals surface area contributed by atoms with Crippen LogP contribution in [-0.4, -0.2) is 62.6 Å². The molecule has 0 saturated carbocycles. The molecule has 0 bridgehead atoms. The maximum Gasteiger partial charge on any atom is 0.407 e. The van der Waals surface area contributed by atoms with E-state index in [9.17, 15) is 9.59 Å². The van der Waals surface area contributed by atoms with E-state index in [1.165, 1.54) is 0 Å². The van der Waals surface area contributed by atoms with Crippen molar-refractivity contribution in [2.24, 2.45) is 7.05 Å². The number of carbonyl (C=O) groups is 1. The second-order valence-corrected chi connectivity index (χ2v) is 13.0. The van der Waals surface area contributed by atoms with E-state index in [4.69, 9.17) is 14.2 Å². The average molecular weight is 639 g/mol. The third-order valence-electron chi connectivity index (χ3n) is 7.40. The molecule has 2 N–H and O–H groups in total. The van der Waals surface area contributed by atoms with Crippen LogP contribution < -0.4 is 25.7 Å². The number of pyridine rings is 1. The monoisotopic (exact) mass is 638 g/mol. The number of benzene rings is 1. The summed E-state index contributed by atoms with van der Waals surface area (Å²) in [6.07, 6.45) is 15.0. The van der Waals surface area contributed by atoms with Crippen LogP contribution in [0.5, 0.6) is 11.5 Å². The van der Waals surface area contributed by atoms with E-state index in [-0.39, 0.29) is 11.7 Å². The molecule has 0 radical (unpaired) electrons. The smallest absolute Gasteiger partial charge is 0.407 e. The largest absolute Gasteiger partial charge is 0.496 e. The van der Waals surface area contributed by atoms with Crippen LogP contribution >= 0.6 is 0 Å². The number of alkyl carbamates (subject to hydrolysis) is 1. The van der Waals surface area contributed by atoms with E-state index < -0.39 is 5.60 Å². The Kier molecular flexibility index (Phi) is 15.9. The first-order valence-corrected chi connectivity index (χ1v) is 16.5. The lowest BCUT2D eigenvalue weighted by Gasteiger charge is -2.20. The van der Waals surface area contributed by atoms with Gasteiger partial charge in [0.05, 0.1) is 19.8 Å². The predicted octanol–water partition coefficient (Wildman–Crippen LogP) is 7.37. The topological polar surface area (TPSA) is 94.1 Å². The molecule has 2 rings (SSSR count). The number of hydrogen-bond donors (Lipinski definition) is 2. The standard InChI is InChI=1S/C37H58N4O5/c1-11-12-19-29-30(22-27(2)38-20-17-15-13-14-16-18-21-39-36(43)46-37(3,4)5)35(42)41(8)26-31(29)28-23-33(44-9)32(25-40(6)7)34(24-28)45-10/h12,19,22-24,26,38H,11,13-18,20-21,25H2,1-10H3,(H,39,43)/b19-12+,27-22+. The van der Waals surface area contributed by atoms with Gasteiger partial charge in [-0.25, -0.2) is 4.79 Å². The van der Waals surface area contributed by atoms with E-state index in [2.05, 4.69) is 28.5 Å². The predicted molar refractivity (Wildman–Crippen MR) is 191 cm³/mol. The van der Waals surface area contributed by atoms with E-state index >= 15 is 0 Å². The lowest BCUT2D eigenvalue weighted by atomic mass is 9.94. The molecule has 2 aromatic rings. The number of methoxy groups -OCH3 is 2. The first kappa shape index (κ1) is 38.5. The van der Waals surface area contributed by atoms with Crippen molar-refractivity contribution in [3.63, 3.8) is 0 Å². The number of nitrogens with zero attached hydrogens (tertiary/aromatic N) is 2. The van der Waals surface area contributed by atoms with Gasteiger partial charge in [-0.1, -0.05) is 44.8 Å². The number of amides is 1. The van der Waals surface area contributed by atoms with Crippen molar-refractivity contribution >= 4 is 18.2 Å². The van der Waals surface area contributed by atoms with Crippen LogP contribution in [0.15, 0.2) is 34.9 Å². The summed E-state index contributed by atoms with van der Waals surface area (Å²) in [7, 11) is 9.17. The number of carbonyl (C=O) groups excluding carboxylic acids is 1. The maximum atomic E-state index is 13.5. The fourth-order valence-electron chi connectivity index (χ4n) is 5.18. The molecule has 1 amide bonds. The zero-order valence-corrected chi connectivity index (χ0v) is 30.0. The second-order valence-electron chi connectivity index (χ2n) is 13.0. The Morgan fingerprint density at radius 2 is 1.50 bits per heavy atom. The molecule has 0 saturated heterocycles. The van der Waals surface area contributed by atoms with Crippen molar-refractivity contribution in [3.8, 4) is 22.6 Å². The third kappa shape index (κ3) is 12.6. The molecular formula is C37H58N4O5. The number of hydrogen-bond acceptors (Lipinski definition) is 7. The molecule has 0 unspecified atom stereocenters. The van der Waals surface area contributed by atoms with Crippen LogP contribution in [-0.2, 0) is 18.3 Å². The van der Waals surface area contributed by atoms with Crippen LogP contribution in [0.3, 0.4) is 0 Å². The molecule has 1 aromatic heterocycles. The molecule has 0 aliphatic carbocycles. The number of rotatable bonds is 18. The van der Waals surface area contributed by atoms with Crippen LogP contribution in [0, 0.1) is 0 Å². The van der Waals surface area contributed by atoms with Gasteiger partial charge >= 0.3 is 6.09 Å². The van der Waals surface area contributed by atoms with Crippen molar-refractivity contribution in [1.29, 1.82) is 0 Å². The molecule has 9 nitrogen and oxygen atoms in total. The molecule has 1 aromatic carbocycles. The fourth-order valence-corrected chi connectivity index (χ4v) is 5.18. The van der Waals surface area contributed by atoms with E-state index in [1.807, 2.05) is 72.3 Å². The second kappa shape index (κ2) is 19.1. The third-order valence-corrected chi connectivity index (χ3v) is 7.40. The van der Waals surface area contributed by atoms with Crippen molar-refractivity contribution in [2.45, 2.75) is 91.7 Å². The molecule has 0 spiro atoms. The number of ether oxygens (including phenoxy) is 3. The summed E-state index contributed by atoms with van der Waals surface area (Å²) in [4.78, 5) is 27.3. The Morgan fingerprint density at radius 1 is 0.935 bits per heavy atom. The van der Waals surface area contributed by atoms with Crippen LogP contribution in [0.25, 0.3) is 23.3 Å². The van der Waals surface area contributed by atoms with Crippen molar-refractivity contribution in [1.82, 2.24) is 20.1 Å². The molecule has 1 heterocycles. The molecule has 0 fully saturated rings. The SMILES string of the molecule is CC/C=C/c1c(-c2cc(OC)c(CN(C)C)c(OC)c2)cn(C)c(=O)c1/C=C(\C)NCCCCCCCCNC(=O)OC(C)(C)C. The Balaban J connectivity index is 2.12. The van der Waals surface area contributed by atoms with Crippen molar-refractivity contribution in [3.05, 3.63) is 57.1 Å². The van der Waals surface area contributed by atoms with E-state index in [0.717, 1.165) is 90.9 Å². The van der Waals surface area contributed by atoms with Gasteiger partial charge in [0.15, 0.2) is 0 Å². The van der Waals surface area contributed by atoms with Crippen LogP contribution in [0.4, 0.5) is 4.79 Å². The van der Waals surface area contributed by atoms with Gasteiger partial charge in [0, 0.05) is 49.7 Å². The number of allylic oxidation sites excluding steroid dienone is 2. The summed E-state index contributed by atoms with van der Waals surface area (Å²) in [6.45, 7) is 11.8. The van der Waals surface area contributed by atoms with E-state index in [0.29, 0.717) is 18.7 Å². The molecule has 46 heavy (non-hydrogen) atoms. The number of nitrogens with one attached hydrogen (secondary N) is 2. The maximum absolute atomic E-state index is 13.5. The summed E-state index contributed by atoms with van der Waals surface area (Å²) in [5.74, 6) is 1.49. The molecule has 9 heteroatoms. The highest BCUT2D eigenvalue weighted by Crippen LogP contribution is 2.37. The Bertz CT molecular complexity index is 1360. The van der Waals surface area contributed by atoms with Gasteiger partial charge in [-0.15, -0.1) is 0 Å². The normalized spacial score (nSPS) is 12.1. The summed E-state index contributed by atoms with van der Waals surface area (Å²) in [5, 5.41) is 6.33. The minimum absolute atomic E-state index is 0.0510. The molecule has 0 aliphatic heterocycles. The average Bonchev–Trinajstić information content (AvgIpc) is 2.98. The van der Waals surface area contributed by atoms with Gasteiger partial charge in [0.25, 0.3) is 5.56 Å². The highest BCUT2D eigenvalue weighted by Gasteiger charge is 2.19. The Labute approximate surface area is 277 Å². The van der Waals surface area contributed by atoms with Gasteiger partial charge in [-0.3, -0.25) is 4.79 Å². The quantitative estimate of drug-likeness (QED) is 0.165. The summed E-state index contributed by atoms with van der Waals surface area (Å²) in [5.41, 5.74) is 4.77. The molecular weight excluding hydrogens is 580 g/mol. The molecule has 256 valence electrons. The number of unbranched alkanes of at least 4 members (excludes halogenated alkanes) is 5. The van der Waals surface area contributed by atoms with Gasteiger partial charge < -0.3 is 34.3 Å². The van der Waals surface area contributed by atoms with Gasteiger partial charge in [0.1, 0.15) is 17.1 Å². The van der Waals surface area contributed by atoms with Crippen LogP contribution in [0.1, 0.15) is 96.3 Å². The first-order chi connectivity index (χ1) is 21.8. The Hall–Kier alpha value is -3.72. The summed E-state index contributed by atoms with van der Waals surface area (Å²) in [6, 6.07) is 4.06. The van der Waals surface area contributed by atoms with Gasteiger partial charge in [-0.2, -0.15) is 0 Å².